The molecule has 33 heavy (non-hydrogen) atoms. The van der Waals surface area contributed by atoms with Crippen LogP contribution in [0, 0.1) is 0 Å². The number of sulfonamides is 1. The molecule has 3 rings (SSSR count). The van der Waals surface area contributed by atoms with Gasteiger partial charge in [-0.25, -0.2) is 8.42 Å². The van der Waals surface area contributed by atoms with E-state index in [-0.39, 0.29) is 17.3 Å². The second-order valence-electron chi connectivity index (χ2n) is 7.87. The second-order valence-corrected chi connectivity index (χ2v) is 11.6. The van der Waals surface area contributed by atoms with Crippen LogP contribution < -0.4 is 14.4 Å². The molecular weight excluding hydrogens is 480 g/mol. The third-order valence-corrected chi connectivity index (χ3v) is 8.88. The van der Waals surface area contributed by atoms with E-state index >= 15 is 0 Å². The Morgan fingerprint density at radius 3 is 2.39 bits per heavy atom. The number of hydrogen-bond donors (Lipinski definition) is 1. The van der Waals surface area contributed by atoms with Gasteiger partial charge in [-0.1, -0.05) is 30.9 Å². The van der Waals surface area contributed by atoms with Crippen LogP contribution in [0.4, 0.5) is 5.69 Å². The predicted octanol–water partition coefficient (Wildman–Crippen LogP) is 5.12. The summed E-state index contributed by atoms with van der Waals surface area (Å²) in [5.41, 5.74) is 0.389. The summed E-state index contributed by atoms with van der Waals surface area (Å²) in [5, 5.41) is 3.98. The lowest BCUT2D eigenvalue weighted by Crippen LogP contribution is -2.41. The maximum atomic E-state index is 13.4. The maximum Gasteiger partial charge on any atom is 0.264 e. The summed E-state index contributed by atoms with van der Waals surface area (Å²) in [7, 11) is -3.97. The van der Waals surface area contributed by atoms with Crippen molar-refractivity contribution in [3.63, 3.8) is 0 Å². The van der Waals surface area contributed by atoms with Gasteiger partial charge in [0.1, 0.15) is 12.3 Å². The number of hydrogen-bond acceptors (Lipinski definition) is 5. The highest BCUT2D eigenvalue weighted by Gasteiger charge is 2.27. The third-order valence-electron chi connectivity index (χ3n) is 5.45. The van der Waals surface area contributed by atoms with Crippen molar-refractivity contribution in [3.8, 4) is 5.75 Å². The average Bonchev–Trinajstić information content (AvgIpc) is 2.82. The number of thioether (sulfide) groups is 1. The Bertz CT molecular complexity index is 992. The standard InChI is InChI=1S/C24H31ClN2O4S2/c1-2-31-21-12-10-20(11-13-21)27(33(29,30)23-14-8-19(25)9-15-23)18-24(28)26-16-17-32-22-6-4-3-5-7-22/h8-15,22H,2-7,16-18H2,1H3,(H,26,28). The SMILES string of the molecule is CCOc1ccc(N(CC(=O)NCCSC2CCCCC2)S(=O)(=O)c2ccc(Cl)cc2)cc1. The van der Waals surface area contributed by atoms with E-state index in [1.807, 2.05) is 18.7 Å². The van der Waals surface area contributed by atoms with Crippen LogP contribution in [-0.2, 0) is 14.8 Å². The van der Waals surface area contributed by atoms with Crippen molar-refractivity contribution < 1.29 is 17.9 Å². The van der Waals surface area contributed by atoms with Gasteiger partial charge in [-0.05, 0) is 68.3 Å². The van der Waals surface area contributed by atoms with E-state index in [4.69, 9.17) is 16.3 Å². The fraction of sp³-hybridized carbons (Fsp3) is 0.458. The lowest BCUT2D eigenvalue weighted by Gasteiger charge is -2.24. The lowest BCUT2D eigenvalue weighted by atomic mass is 10.0. The molecule has 0 bridgehead atoms. The van der Waals surface area contributed by atoms with Crippen LogP contribution in [0.5, 0.6) is 5.75 Å². The Balaban J connectivity index is 1.69. The number of carbonyl (C=O) groups is 1. The van der Waals surface area contributed by atoms with Gasteiger partial charge in [-0.15, -0.1) is 0 Å². The van der Waals surface area contributed by atoms with Crippen molar-refractivity contribution >= 4 is 45.0 Å². The van der Waals surface area contributed by atoms with Gasteiger partial charge in [0, 0.05) is 22.6 Å². The zero-order valence-corrected chi connectivity index (χ0v) is 21.2. The molecule has 180 valence electrons. The Morgan fingerprint density at radius 1 is 1.09 bits per heavy atom. The Morgan fingerprint density at radius 2 is 1.76 bits per heavy atom. The van der Waals surface area contributed by atoms with Crippen LogP contribution in [0.25, 0.3) is 0 Å². The molecule has 0 radical (unpaired) electrons. The number of nitrogens with zero attached hydrogens (tertiary/aromatic N) is 1. The van der Waals surface area contributed by atoms with E-state index in [1.54, 1.807) is 24.3 Å². The summed E-state index contributed by atoms with van der Waals surface area (Å²) in [6, 6.07) is 12.6. The molecule has 0 atom stereocenters. The number of ether oxygens (including phenoxy) is 1. The van der Waals surface area contributed by atoms with Gasteiger partial charge in [-0.3, -0.25) is 9.10 Å². The number of anilines is 1. The number of amides is 1. The molecule has 0 aromatic heterocycles. The fourth-order valence-corrected chi connectivity index (χ4v) is 6.53. The molecule has 1 fully saturated rings. The zero-order valence-electron chi connectivity index (χ0n) is 18.8. The van der Waals surface area contributed by atoms with Crippen molar-refractivity contribution in [2.45, 2.75) is 49.2 Å². The predicted molar refractivity (Wildman–Crippen MR) is 136 cm³/mol. The number of carbonyl (C=O) groups excluding carboxylic acids is 1. The van der Waals surface area contributed by atoms with Gasteiger partial charge >= 0.3 is 0 Å². The fourth-order valence-electron chi connectivity index (χ4n) is 3.76. The minimum Gasteiger partial charge on any atom is -0.494 e. The lowest BCUT2D eigenvalue weighted by molar-refractivity contribution is -0.119. The van der Waals surface area contributed by atoms with Crippen LogP contribution in [0.15, 0.2) is 53.4 Å². The van der Waals surface area contributed by atoms with Gasteiger partial charge < -0.3 is 10.1 Å². The van der Waals surface area contributed by atoms with E-state index in [1.165, 1.54) is 56.4 Å². The molecule has 0 unspecified atom stereocenters. The summed E-state index contributed by atoms with van der Waals surface area (Å²) in [4.78, 5) is 12.8. The van der Waals surface area contributed by atoms with Gasteiger partial charge in [0.15, 0.2) is 0 Å². The monoisotopic (exact) mass is 510 g/mol. The van der Waals surface area contributed by atoms with Crippen LogP contribution >= 0.6 is 23.4 Å². The van der Waals surface area contributed by atoms with Crippen LogP contribution in [0.3, 0.4) is 0 Å². The highest BCUT2D eigenvalue weighted by Crippen LogP contribution is 2.28. The normalized spacial score (nSPS) is 14.6. The van der Waals surface area contributed by atoms with Crippen molar-refractivity contribution in [1.29, 1.82) is 0 Å². The highest BCUT2D eigenvalue weighted by molar-refractivity contribution is 7.99. The van der Waals surface area contributed by atoms with E-state index < -0.39 is 10.0 Å². The third kappa shape index (κ3) is 7.55. The Hall–Kier alpha value is -1.90. The zero-order chi connectivity index (χ0) is 23.7. The van der Waals surface area contributed by atoms with Crippen molar-refractivity contribution in [2.75, 3.05) is 29.8 Å². The topological polar surface area (TPSA) is 75.7 Å². The summed E-state index contributed by atoms with van der Waals surface area (Å²) >= 11 is 7.82. The van der Waals surface area contributed by atoms with Gasteiger partial charge in [0.25, 0.3) is 10.0 Å². The second kappa shape index (κ2) is 12.5. The Labute approximate surface area is 206 Å². The average molecular weight is 511 g/mol. The van der Waals surface area contributed by atoms with Gasteiger partial charge in [0.05, 0.1) is 17.2 Å². The first-order chi connectivity index (χ1) is 15.9. The molecule has 9 heteroatoms. The molecule has 6 nitrogen and oxygen atoms in total. The summed E-state index contributed by atoms with van der Waals surface area (Å²) < 4.78 is 33.4. The highest BCUT2D eigenvalue weighted by atomic mass is 35.5. The number of nitrogens with one attached hydrogen (secondary N) is 1. The van der Waals surface area contributed by atoms with Crippen LogP contribution in [0.1, 0.15) is 39.0 Å². The van der Waals surface area contributed by atoms with Crippen molar-refractivity contribution in [2.24, 2.45) is 0 Å². The first-order valence-electron chi connectivity index (χ1n) is 11.3. The molecule has 1 saturated carbocycles. The molecule has 1 N–H and O–H groups in total. The van der Waals surface area contributed by atoms with Gasteiger partial charge in [-0.2, -0.15) is 11.8 Å². The van der Waals surface area contributed by atoms with Crippen LogP contribution in [0.2, 0.25) is 5.02 Å². The smallest absolute Gasteiger partial charge is 0.264 e. The molecule has 1 amide bonds. The molecule has 0 spiro atoms. The summed E-state index contributed by atoms with van der Waals surface area (Å²) in [5.74, 6) is 1.11. The van der Waals surface area contributed by atoms with E-state index in [0.29, 0.717) is 34.9 Å². The molecule has 1 aliphatic carbocycles. The minimum atomic E-state index is -3.97. The number of rotatable bonds is 11. The molecule has 0 saturated heterocycles. The maximum absolute atomic E-state index is 13.4. The Kier molecular flexibility index (Phi) is 9.77. The largest absolute Gasteiger partial charge is 0.494 e. The first kappa shape index (κ1) is 25.7. The number of benzene rings is 2. The van der Waals surface area contributed by atoms with Crippen molar-refractivity contribution in [1.82, 2.24) is 5.32 Å². The number of halogens is 1. The van der Waals surface area contributed by atoms with E-state index in [9.17, 15) is 13.2 Å². The molecule has 2 aromatic rings. The molecule has 1 aliphatic rings. The summed E-state index contributed by atoms with van der Waals surface area (Å²) in [6.45, 7) is 2.58. The molecule has 2 aromatic carbocycles. The first-order valence-corrected chi connectivity index (χ1v) is 14.2. The van der Waals surface area contributed by atoms with Crippen LogP contribution in [-0.4, -0.2) is 45.0 Å². The minimum absolute atomic E-state index is 0.0708. The van der Waals surface area contributed by atoms with E-state index in [0.717, 1.165) is 10.1 Å². The molecular formula is C24H31ClN2O4S2. The molecule has 0 heterocycles. The van der Waals surface area contributed by atoms with Gasteiger partial charge in [0.2, 0.25) is 5.91 Å². The van der Waals surface area contributed by atoms with Crippen molar-refractivity contribution in [3.05, 3.63) is 53.6 Å². The molecule has 0 aliphatic heterocycles. The summed E-state index contributed by atoms with van der Waals surface area (Å²) in [6.07, 6.45) is 6.36. The quantitative estimate of drug-likeness (QED) is 0.425. The van der Waals surface area contributed by atoms with E-state index in [2.05, 4.69) is 5.32 Å².